The quantitative estimate of drug-likeness (QED) is 0.755. The van der Waals surface area contributed by atoms with Gasteiger partial charge in [0, 0.05) is 22.0 Å². The van der Waals surface area contributed by atoms with Gasteiger partial charge in [-0.1, -0.05) is 29.8 Å². The number of carboxylic acid groups (broad SMARTS) is 1. The summed E-state index contributed by atoms with van der Waals surface area (Å²) >= 11 is 6.45. The highest BCUT2D eigenvalue weighted by atomic mass is 79.9. The Balaban J connectivity index is 3.18. The Bertz CT molecular complexity index is 603. The molecule has 1 aromatic rings. The molecule has 0 amide bonds. The molecular formula is C12H15Br2NO4S. The van der Waals surface area contributed by atoms with Crippen molar-refractivity contribution in [2.24, 2.45) is 5.92 Å². The van der Waals surface area contributed by atoms with E-state index in [4.69, 9.17) is 5.11 Å². The van der Waals surface area contributed by atoms with Gasteiger partial charge in [0.25, 0.3) is 0 Å². The van der Waals surface area contributed by atoms with E-state index in [1.165, 1.54) is 13.0 Å². The molecule has 1 N–H and O–H groups in total. The van der Waals surface area contributed by atoms with Crippen molar-refractivity contribution in [3.05, 3.63) is 27.1 Å². The van der Waals surface area contributed by atoms with E-state index in [2.05, 4.69) is 31.9 Å². The van der Waals surface area contributed by atoms with Gasteiger partial charge in [-0.3, -0.25) is 4.79 Å². The molecule has 0 radical (unpaired) electrons. The SMILES string of the molecule is CCN(CC(C)C(=O)O)S(=O)(=O)c1cc(Br)ccc1Br. The van der Waals surface area contributed by atoms with Crippen LogP contribution in [0.1, 0.15) is 13.8 Å². The van der Waals surface area contributed by atoms with Gasteiger partial charge in [0.2, 0.25) is 10.0 Å². The van der Waals surface area contributed by atoms with E-state index in [1.54, 1.807) is 19.1 Å². The van der Waals surface area contributed by atoms with Gasteiger partial charge < -0.3 is 5.11 Å². The lowest BCUT2D eigenvalue weighted by atomic mass is 10.2. The summed E-state index contributed by atoms with van der Waals surface area (Å²) in [5.41, 5.74) is 0. The number of aliphatic carboxylic acids is 1. The van der Waals surface area contributed by atoms with Crippen LogP contribution >= 0.6 is 31.9 Å². The topological polar surface area (TPSA) is 74.7 Å². The van der Waals surface area contributed by atoms with E-state index < -0.39 is 21.9 Å². The average Bonchev–Trinajstić information content (AvgIpc) is 2.37. The van der Waals surface area contributed by atoms with Crippen molar-refractivity contribution in [1.29, 1.82) is 0 Å². The largest absolute Gasteiger partial charge is 0.481 e. The molecule has 0 heterocycles. The standard InChI is InChI=1S/C12H15Br2NO4S/c1-3-15(7-8(2)12(16)17)20(18,19)11-6-9(13)4-5-10(11)14/h4-6,8H,3,7H2,1-2H3,(H,16,17). The zero-order chi connectivity index (χ0) is 15.5. The summed E-state index contributed by atoms with van der Waals surface area (Å²) in [5.74, 6) is -1.79. The molecule has 0 aliphatic carbocycles. The van der Waals surface area contributed by atoms with Crippen molar-refractivity contribution < 1.29 is 18.3 Å². The van der Waals surface area contributed by atoms with Crippen LogP contribution in [0.4, 0.5) is 0 Å². The second-order valence-electron chi connectivity index (χ2n) is 4.27. The second kappa shape index (κ2) is 7.02. The molecule has 1 unspecified atom stereocenters. The van der Waals surface area contributed by atoms with Crippen LogP contribution in [-0.2, 0) is 14.8 Å². The molecular weight excluding hydrogens is 414 g/mol. The first kappa shape index (κ1) is 17.6. The maximum Gasteiger partial charge on any atom is 0.307 e. The van der Waals surface area contributed by atoms with Crippen LogP contribution in [0, 0.1) is 5.92 Å². The fraction of sp³-hybridized carbons (Fsp3) is 0.417. The lowest BCUT2D eigenvalue weighted by molar-refractivity contribution is -0.141. The van der Waals surface area contributed by atoms with Crippen LogP contribution in [-0.4, -0.2) is 36.9 Å². The van der Waals surface area contributed by atoms with Crippen molar-refractivity contribution >= 4 is 47.9 Å². The molecule has 20 heavy (non-hydrogen) atoms. The molecule has 112 valence electrons. The van der Waals surface area contributed by atoms with Crippen LogP contribution < -0.4 is 0 Å². The molecule has 0 spiro atoms. The lowest BCUT2D eigenvalue weighted by Gasteiger charge is -2.23. The number of hydrogen-bond donors (Lipinski definition) is 1. The van der Waals surface area contributed by atoms with E-state index in [0.717, 1.165) is 4.31 Å². The first-order valence-corrected chi connectivity index (χ1v) is 8.90. The molecule has 1 aromatic carbocycles. The minimum atomic E-state index is -3.74. The van der Waals surface area contributed by atoms with Crippen molar-refractivity contribution in [1.82, 2.24) is 4.31 Å². The van der Waals surface area contributed by atoms with E-state index in [9.17, 15) is 13.2 Å². The predicted molar refractivity (Wildman–Crippen MR) is 83.1 cm³/mol. The molecule has 1 rings (SSSR count). The maximum atomic E-state index is 12.6. The summed E-state index contributed by atoms with van der Waals surface area (Å²) in [6.45, 7) is 3.31. The molecule has 1 atom stereocenters. The van der Waals surface area contributed by atoms with Gasteiger partial charge in [0.1, 0.15) is 0 Å². The zero-order valence-corrected chi connectivity index (χ0v) is 15.0. The lowest BCUT2D eigenvalue weighted by Crippen LogP contribution is -2.36. The zero-order valence-electron chi connectivity index (χ0n) is 11.0. The van der Waals surface area contributed by atoms with E-state index in [-0.39, 0.29) is 18.0 Å². The predicted octanol–water partition coefficient (Wildman–Crippen LogP) is 2.94. The van der Waals surface area contributed by atoms with Crippen molar-refractivity contribution in [2.45, 2.75) is 18.7 Å². The third-order valence-corrected chi connectivity index (χ3v) is 6.19. The van der Waals surface area contributed by atoms with Crippen molar-refractivity contribution in [3.8, 4) is 0 Å². The van der Waals surface area contributed by atoms with E-state index >= 15 is 0 Å². The van der Waals surface area contributed by atoms with Crippen LogP contribution in [0.3, 0.4) is 0 Å². The highest BCUT2D eigenvalue weighted by molar-refractivity contribution is 9.11. The maximum absolute atomic E-state index is 12.6. The molecule has 8 heteroatoms. The van der Waals surface area contributed by atoms with Gasteiger partial charge in [-0.2, -0.15) is 4.31 Å². The van der Waals surface area contributed by atoms with Gasteiger partial charge >= 0.3 is 5.97 Å². The van der Waals surface area contributed by atoms with E-state index in [0.29, 0.717) is 8.95 Å². The number of nitrogens with zero attached hydrogens (tertiary/aromatic N) is 1. The fourth-order valence-corrected chi connectivity index (χ4v) is 4.60. The summed E-state index contributed by atoms with van der Waals surface area (Å²) in [4.78, 5) is 11.0. The number of carboxylic acids is 1. The Morgan fingerprint density at radius 1 is 1.40 bits per heavy atom. The highest BCUT2D eigenvalue weighted by Gasteiger charge is 2.28. The molecule has 0 aromatic heterocycles. The first-order chi connectivity index (χ1) is 9.20. The molecule has 0 saturated carbocycles. The number of carbonyl (C=O) groups is 1. The summed E-state index contributed by atoms with van der Waals surface area (Å²) in [6, 6.07) is 4.85. The minimum absolute atomic E-state index is 0.0624. The molecule has 0 aliphatic rings. The summed E-state index contributed by atoms with van der Waals surface area (Å²) in [7, 11) is -3.74. The Labute approximate surface area is 135 Å². The number of halogens is 2. The second-order valence-corrected chi connectivity index (χ2v) is 7.95. The van der Waals surface area contributed by atoms with Gasteiger partial charge in [-0.25, -0.2) is 8.42 Å². The molecule has 0 aliphatic heterocycles. The highest BCUT2D eigenvalue weighted by Crippen LogP contribution is 2.28. The minimum Gasteiger partial charge on any atom is -0.481 e. The molecule has 0 bridgehead atoms. The number of hydrogen-bond acceptors (Lipinski definition) is 3. The van der Waals surface area contributed by atoms with Gasteiger partial charge in [0.05, 0.1) is 10.8 Å². The van der Waals surface area contributed by atoms with Crippen LogP contribution in [0.15, 0.2) is 32.0 Å². The molecule has 0 saturated heterocycles. The smallest absolute Gasteiger partial charge is 0.307 e. The number of rotatable bonds is 6. The monoisotopic (exact) mass is 427 g/mol. The molecule has 0 fully saturated rings. The summed E-state index contributed by atoms with van der Waals surface area (Å²) in [5, 5.41) is 8.92. The molecule has 5 nitrogen and oxygen atoms in total. The number of sulfonamides is 1. The Morgan fingerprint density at radius 2 is 2.00 bits per heavy atom. The van der Waals surface area contributed by atoms with Crippen molar-refractivity contribution in [3.63, 3.8) is 0 Å². The van der Waals surface area contributed by atoms with Gasteiger partial charge in [-0.05, 0) is 34.1 Å². The normalized spacial score (nSPS) is 13.4. The average molecular weight is 429 g/mol. The van der Waals surface area contributed by atoms with Crippen LogP contribution in [0.2, 0.25) is 0 Å². The van der Waals surface area contributed by atoms with Crippen LogP contribution in [0.25, 0.3) is 0 Å². The third-order valence-electron chi connectivity index (χ3n) is 2.76. The van der Waals surface area contributed by atoms with Gasteiger partial charge in [0.15, 0.2) is 0 Å². The van der Waals surface area contributed by atoms with Crippen LogP contribution in [0.5, 0.6) is 0 Å². The first-order valence-electron chi connectivity index (χ1n) is 5.88. The Hall–Kier alpha value is -0.440. The fourth-order valence-electron chi connectivity index (χ4n) is 1.59. The van der Waals surface area contributed by atoms with E-state index in [1.807, 2.05) is 0 Å². The summed E-state index contributed by atoms with van der Waals surface area (Å²) in [6.07, 6.45) is 0. The van der Waals surface area contributed by atoms with Crippen molar-refractivity contribution in [2.75, 3.05) is 13.1 Å². The Morgan fingerprint density at radius 3 is 2.50 bits per heavy atom. The Kier molecular flexibility index (Phi) is 6.18. The number of benzene rings is 1. The van der Waals surface area contributed by atoms with Gasteiger partial charge in [-0.15, -0.1) is 0 Å². The third kappa shape index (κ3) is 4.03. The summed E-state index contributed by atoms with van der Waals surface area (Å²) < 4.78 is 27.4.